The van der Waals surface area contributed by atoms with Gasteiger partial charge in [-0.15, -0.1) is 11.8 Å². The minimum absolute atomic E-state index is 0.701. The Kier molecular flexibility index (Phi) is 3.13. The van der Waals surface area contributed by atoms with Gasteiger partial charge >= 0.3 is 0 Å². The van der Waals surface area contributed by atoms with Crippen LogP contribution in [0, 0.1) is 0 Å². The van der Waals surface area contributed by atoms with Gasteiger partial charge in [0, 0.05) is 22.2 Å². The third-order valence-electron chi connectivity index (χ3n) is 3.23. The average Bonchev–Trinajstić information content (AvgIpc) is 2.85. The molecule has 2 aromatic heterocycles. The topological polar surface area (TPSA) is 21.5 Å². The molecule has 0 aliphatic carbocycles. The number of thioether (sulfide) groups is 1. The van der Waals surface area contributed by atoms with Gasteiger partial charge in [-0.25, -0.2) is 0 Å². The largest absolute Gasteiger partial charge is 0.314 e. The first-order valence-corrected chi connectivity index (χ1v) is 7.25. The molecule has 0 radical (unpaired) electrons. The Labute approximate surface area is 116 Å². The molecule has 2 nitrogen and oxygen atoms in total. The summed E-state index contributed by atoms with van der Waals surface area (Å²) >= 11 is 1.71. The van der Waals surface area contributed by atoms with Crippen LogP contribution in [-0.2, 0) is 0 Å². The van der Waals surface area contributed by atoms with Gasteiger partial charge in [-0.1, -0.05) is 18.2 Å². The number of hydrogen-bond donors (Lipinski definition) is 0. The predicted octanol–water partition coefficient (Wildman–Crippen LogP) is 4.14. The van der Waals surface area contributed by atoms with Gasteiger partial charge in [-0.2, -0.15) is 0 Å². The highest BCUT2D eigenvalue weighted by Crippen LogP contribution is 2.28. The van der Waals surface area contributed by atoms with Crippen LogP contribution >= 0.6 is 11.8 Å². The first-order valence-electron chi connectivity index (χ1n) is 6.03. The second kappa shape index (κ2) is 4.94. The molecule has 3 aromatic rings. The number of aromatic nitrogens is 1. The van der Waals surface area contributed by atoms with Gasteiger partial charge < -0.3 is 4.40 Å². The van der Waals surface area contributed by atoms with E-state index in [-0.39, 0.29) is 0 Å². The summed E-state index contributed by atoms with van der Waals surface area (Å²) in [7, 11) is 0. The lowest BCUT2D eigenvalue weighted by atomic mass is 10.1. The first-order chi connectivity index (χ1) is 9.33. The minimum atomic E-state index is 0.701. The first kappa shape index (κ1) is 12.1. The monoisotopic (exact) mass is 267 g/mol. The summed E-state index contributed by atoms with van der Waals surface area (Å²) in [5, 5.41) is 0. The van der Waals surface area contributed by atoms with Gasteiger partial charge in [0.05, 0.1) is 5.69 Å². The van der Waals surface area contributed by atoms with Crippen molar-refractivity contribution in [2.75, 3.05) is 6.26 Å². The maximum absolute atomic E-state index is 11.4. The maximum Gasteiger partial charge on any atom is 0.167 e. The number of fused-ring (bicyclic) bond motifs is 1. The Bertz CT molecular complexity index is 728. The van der Waals surface area contributed by atoms with Crippen LogP contribution in [0.5, 0.6) is 0 Å². The molecule has 0 N–H and O–H groups in total. The van der Waals surface area contributed by atoms with Gasteiger partial charge in [0.15, 0.2) is 6.29 Å². The second-order valence-corrected chi connectivity index (χ2v) is 5.16. The van der Waals surface area contributed by atoms with E-state index in [0.717, 1.165) is 22.9 Å². The Balaban J connectivity index is 2.20. The second-order valence-electron chi connectivity index (χ2n) is 4.29. The maximum atomic E-state index is 11.4. The van der Waals surface area contributed by atoms with Crippen LogP contribution in [0.1, 0.15) is 10.5 Å². The standard InChI is InChI=1S/C16H13NOS/c1-19-14-7-5-12(6-8-14)15-10-13-4-2-3-9-17(13)16(15)11-18/h2-11H,1H3. The molecule has 94 valence electrons. The third-order valence-corrected chi connectivity index (χ3v) is 3.98. The molecule has 0 fully saturated rings. The zero-order valence-electron chi connectivity index (χ0n) is 10.5. The van der Waals surface area contributed by atoms with Gasteiger partial charge in [0.1, 0.15) is 0 Å². The zero-order chi connectivity index (χ0) is 13.2. The normalized spacial score (nSPS) is 10.8. The molecule has 2 heterocycles. The SMILES string of the molecule is CSc1ccc(-c2cc3ccccn3c2C=O)cc1. The number of carbonyl (C=O) groups excluding carboxylic acids is 1. The van der Waals surface area contributed by atoms with Crippen LogP contribution in [0.2, 0.25) is 0 Å². The minimum Gasteiger partial charge on any atom is -0.314 e. The van der Waals surface area contributed by atoms with Gasteiger partial charge in [0.2, 0.25) is 0 Å². The summed E-state index contributed by atoms with van der Waals surface area (Å²) in [5.74, 6) is 0. The molecule has 0 amide bonds. The van der Waals surface area contributed by atoms with Crippen molar-refractivity contribution >= 4 is 23.6 Å². The highest BCUT2D eigenvalue weighted by atomic mass is 32.2. The fourth-order valence-electron chi connectivity index (χ4n) is 2.27. The Morgan fingerprint density at radius 3 is 2.58 bits per heavy atom. The number of rotatable bonds is 3. The number of benzene rings is 1. The lowest BCUT2D eigenvalue weighted by Gasteiger charge is -2.02. The van der Waals surface area contributed by atoms with E-state index in [1.807, 2.05) is 28.8 Å². The third kappa shape index (κ3) is 2.06. The lowest BCUT2D eigenvalue weighted by molar-refractivity contribution is 0.111. The van der Waals surface area contributed by atoms with E-state index in [4.69, 9.17) is 0 Å². The van der Waals surface area contributed by atoms with Crippen molar-refractivity contribution in [1.82, 2.24) is 4.40 Å². The van der Waals surface area contributed by atoms with Crippen LogP contribution in [0.15, 0.2) is 59.6 Å². The summed E-state index contributed by atoms with van der Waals surface area (Å²) in [4.78, 5) is 12.6. The number of nitrogens with zero attached hydrogens (tertiary/aromatic N) is 1. The van der Waals surface area contributed by atoms with E-state index in [0.29, 0.717) is 5.69 Å². The van der Waals surface area contributed by atoms with Crippen LogP contribution in [0.4, 0.5) is 0 Å². The molecule has 0 aliphatic heterocycles. The summed E-state index contributed by atoms with van der Waals surface area (Å²) in [5.41, 5.74) is 3.79. The van der Waals surface area contributed by atoms with E-state index < -0.39 is 0 Å². The number of pyridine rings is 1. The van der Waals surface area contributed by atoms with Crippen LogP contribution in [0.25, 0.3) is 16.6 Å². The van der Waals surface area contributed by atoms with E-state index in [9.17, 15) is 4.79 Å². The Morgan fingerprint density at radius 2 is 1.89 bits per heavy atom. The van der Waals surface area contributed by atoms with Gasteiger partial charge in [0.25, 0.3) is 0 Å². The molecule has 1 aromatic carbocycles. The predicted molar refractivity (Wildman–Crippen MR) is 80.0 cm³/mol. The van der Waals surface area contributed by atoms with Crippen molar-refractivity contribution in [2.24, 2.45) is 0 Å². The smallest absolute Gasteiger partial charge is 0.167 e. The summed E-state index contributed by atoms with van der Waals surface area (Å²) in [6.45, 7) is 0. The molecule has 3 rings (SSSR count). The molecule has 0 saturated heterocycles. The number of hydrogen-bond acceptors (Lipinski definition) is 2. The Morgan fingerprint density at radius 1 is 1.11 bits per heavy atom. The van der Waals surface area contributed by atoms with Crippen molar-refractivity contribution in [2.45, 2.75) is 4.90 Å². The van der Waals surface area contributed by atoms with Crippen molar-refractivity contribution in [3.8, 4) is 11.1 Å². The van der Waals surface area contributed by atoms with Gasteiger partial charge in [-0.3, -0.25) is 4.79 Å². The summed E-state index contributed by atoms with van der Waals surface area (Å²) < 4.78 is 1.92. The molecule has 3 heteroatoms. The van der Waals surface area contributed by atoms with Crippen LogP contribution in [-0.4, -0.2) is 16.9 Å². The van der Waals surface area contributed by atoms with Crippen LogP contribution in [0.3, 0.4) is 0 Å². The fraction of sp³-hybridized carbons (Fsp3) is 0.0625. The highest BCUT2D eigenvalue weighted by Gasteiger charge is 2.10. The molecule has 0 aliphatic rings. The van der Waals surface area contributed by atoms with E-state index in [1.165, 1.54) is 4.90 Å². The van der Waals surface area contributed by atoms with Crippen molar-refractivity contribution < 1.29 is 4.79 Å². The number of aldehydes is 1. The van der Waals surface area contributed by atoms with Crippen molar-refractivity contribution in [3.63, 3.8) is 0 Å². The lowest BCUT2D eigenvalue weighted by Crippen LogP contribution is -1.91. The molecule has 0 saturated carbocycles. The molecular formula is C16H13NOS. The summed E-state index contributed by atoms with van der Waals surface area (Å²) in [6, 6.07) is 16.3. The van der Waals surface area contributed by atoms with E-state index in [2.05, 4.69) is 36.6 Å². The molecule has 0 spiro atoms. The van der Waals surface area contributed by atoms with Crippen LogP contribution < -0.4 is 0 Å². The van der Waals surface area contributed by atoms with Gasteiger partial charge in [-0.05, 0) is 42.2 Å². The fourth-order valence-corrected chi connectivity index (χ4v) is 2.68. The van der Waals surface area contributed by atoms with E-state index >= 15 is 0 Å². The average molecular weight is 267 g/mol. The van der Waals surface area contributed by atoms with E-state index in [1.54, 1.807) is 11.8 Å². The summed E-state index contributed by atoms with van der Waals surface area (Å²) in [6.07, 6.45) is 4.89. The van der Waals surface area contributed by atoms with Crippen molar-refractivity contribution in [3.05, 3.63) is 60.4 Å². The highest BCUT2D eigenvalue weighted by molar-refractivity contribution is 7.98. The zero-order valence-corrected chi connectivity index (χ0v) is 11.4. The molecular weight excluding hydrogens is 254 g/mol. The molecule has 19 heavy (non-hydrogen) atoms. The van der Waals surface area contributed by atoms with Crippen molar-refractivity contribution in [1.29, 1.82) is 0 Å². The molecule has 0 atom stereocenters. The quantitative estimate of drug-likeness (QED) is 0.525. The molecule has 0 bridgehead atoms. The molecule has 0 unspecified atom stereocenters. The number of carbonyl (C=O) groups is 1. The Hall–Kier alpha value is -2.00.